The van der Waals surface area contributed by atoms with Gasteiger partial charge in [-0.2, -0.15) is 0 Å². The molecule has 28 heavy (non-hydrogen) atoms. The normalized spacial score (nSPS) is 29.0. The zero-order valence-electron chi connectivity index (χ0n) is 15.7. The molecule has 1 aromatic carbocycles. The Bertz CT molecular complexity index is 758. The van der Waals surface area contributed by atoms with Crippen LogP contribution >= 0.6 is 15.9 Å². The Morgan fingerprint density at radius 2 is 1.86 bits per heavy atom. The number of nitrogens with two attached hydrogens (primary N) is 2. The standard InChI is InChI=1S/C19H27BrN6O2/c20-16-7-5-15(6-8-16)11-23-18-24-12-17(26(27)28)19(22,25-18)9-13-1-3-14(10-21)4-2-13/h5-8,12-14H,1-4,9-11,21-22H2,(H2,23,24,25). The molecule has 6 N–H and O–H groups in total. The van der Waals surface area contributed by atoms with E-state index < -0.39 is 10.6 Å². The van der Waals surface area contributed by atoms with Gasteiger partial charge in [0.1, 0.15) is 0 Å². The number of benzene rings is 1. The SMILES string of the molecule is NCC1CCC(CC2(N)NC(=NCc3ccc(Br)cc3)NC=C2[N+](=O)[O-])CC1. The first-order valence-electron chi connectivity index (χ1n) is 9.57. The number of nitrogens with one attached hydrogen (secondary N) is 2. The fraction of sp³-hybridized carbons (Fsp3) is 0.526. The first-order valence-corrected chi connectivity index (χ1v) is 10.4. The molecular formula is C19H27BrN6O2. The summed E-state index contributed by atoms with van der Waals surface area (Å²) >= 11 is 3.41. The molecule has 0 saturated heterocycles. The van der Waals surface area contributed by atoms with E-state index in [1.54, 1.807) is 0 Å². The van der Waals surface area contributed by atoms with Crippen molar-refractivity contribution in [1.82, 2.24) is 10.6 Å². The fourth-order valence-corrected chi connectivity index (χ4v) is 4.18. The predicted molar refractivity (Wildman–Crippen MR) is 113 cm³/mol. The van der Waals surface area contributed by atoms with Gasteiger partial charge in [0.25, 0.3) is 0 Å². The van der Waals surface area contributed by atoms with Crippen LogP contribution in [-0.2, 0) is 6.54 Å². The van der Waals surface area contributed by atoms with Crippen LogP contribution in [0.5, 0.6) is 0 Å². The van der Waals surface area contributed by atoms with E-state index in [1.807, 2.05) is 24.3 Å². The van der Waals surface area contributed by atoms with Crippen LogP contribution in [0.3, 0.4) is 0 Å². The maximum Gasteiger partial charge on any atom is 0.301 e. The fourth-order valence-electron chi connectivity index (χ4n) is 3.92. The van der Waals surface area contributed by atoms with Crippen molar-refractivity contribution in [2.24, 2.45) is 28.3 Å². The highest BCUT2D eigenvalue weighted by atomic mass is 79.9. The second kappa shape index (κ2) is 9.02. The first-order chi connectivity index (χ1) is 13.4. The number of nitrogens with zero attached hydrogens (tertiary/aromatic N) is 2. The third kappa shape index (κ3) is 5.09. The molecule has 0 spiro atoms. The number of aliphatic imine (C=N–C) groups is 1. The molecule has 1 aliphatic heterocycles. The molecule has 1 fully saturated rings. The van der Waals surface area contributed by atoms with Gasteiger partial charge in [-0.25, -0.2) is 4.99 Å². The Balaban J connectivity index is 1.71. The molecule has 2 aliphatic rings. The van der Waals surface area contributed by atoms with Crippen molar-refractivity contribution in [3.8, 4) is 0 Å². The third-order valence-electron chi connectivity index (χ3n) is 5.58. The highest BCUT2D eigenvalue weighted by Gasteiger charge is 2.44. The van der Waals surface area contributed by atoms with Crippen molar-refractivity contribution in [2.45, 2.75) is 44.3 Å². The second-order valence-electron chi connectivity index (χ2n) is 7.65. The second-order valence-corrected chi connectivity index (χ2v) is 8.56. The van der Waals surface area contributed by atoms with Crippen molar-refractivity contribution in [3.05, 3.63) is 56.3 Å². The molecule has 1 saturated carbocycles. The van der Waals surface area contributed by atoms with E-state index in [0.717, 1.165) is 35.7 Å². The van der Waals surface area contributed by atoms with E-state index in [-0.39, 0.29) is 5.70 Å². The Hall–Kier alpha value is -1.97. The van der Waals surface area contributed by atoms with Gasteiger partial charge in [-0.1, -0.05) is 28.1 Å². The van der Waals surface area contributed by atoms with E-state index in [4.69, 9.17) is 11.5 Å². The molecule has 9 heteroatoms. The summed E-state index contributed by atoms with van der Waals surface area (Å²) in [6.07, 6.45) is 5.95. The van der Waals surface area contributed by atoms with Crippen LogP contribution < -0.4 is 22.1 Å². The van der Waals surface area contributed by atoms with Crippen molar-refractivity contribution >= 4 is 21.9 Å². The highest BCUT2D eigenvalue weighted by Crippen LogP contribution is 2.34. The van der Waals surface area contributed by atoms with Gasteiger partial charge >= 0.3 is 5.70 Å². The summed E-state index contributed by atoms with van der Waals surface area (Å²) in [5.41, 5.74) is 12.0. The molecule has 1 aromatic rings. The smallest absolute Gasteiger partial charge is 0.301 e. The quantitative estimate of drug-likeness (QED) is 0.388. The van der Waals surface area contributed by atoms with Crippen LogP contribution in [0.25, 0.3) is 0 Å². The molecule has 8 nitrogen and oxygen atoms in total. The Kier molecular flexibility index (Phi) is 6.69. The average molecular weight is 451 g/mol. The molecular weight excluding hydrogens is 424 g/mol. The number of hydrogen-bond donors (Lipinski definition) is 4. The minimum atomic E-state index is -1.24. The van der Waals surface area contributed by atoms with Gasteiger partial charge in [0.15, 0.2) is 11.6 Å². The lowest BCUT2D eigenvalue weighted by molar-refractivity contribution is -0.437. The lowest BCUT2D eigenvalue weighted by Gasteiger charge is -2.37. The summed E-state index contributed by atoms with van der Waals surface area (Å²) in [6.45, 7) is 1.15. The van der Waals surface area contributed by atoms with Gasteiger partial charge < -0.3 is 16.4 Å². The predicted octanol–water partition coefficient (Wildman–Crippen LogP) is 2.43. The lowest BCUT2D eigenvalue weighted by Crippen LogP contribution is -2.64. The summed E-state index contributed by atoms with van der Waals surface area (Å²) in [6, 6.07) is 7.85. The number of halogens is 1. The summed E-state index contributed by atoms with van der Waals surface area (Å²) in [5, 5.41) is 17.5. The van der Waals surface area contributed by atoms with Gasteiger partial charge in [0.05, 0.1) is 17.7 Å². The molecule has 0 radical (unpaired) electrons. The van der Waals surface area contributed by atoms with Gasteiger partial charge in [0, 0.05) is 4.47 Å². The monoisotopic (exact) mass is 450 g/mol. The van der Waals surface area contributed by atoms with Crippen LogP contribution in [0.2, 0.25) is 0 Å². The minimum absolute atomic E-state index is 0.0592. The molecule has 1 aliphatic carbocycles. The number of guanidine groups is 1. The molecule has 0 amide bonds. The Morgan fingerprint density at radius 3 is 2.46 bits per heavy atom. The molecule has 0 bridgehead atoms. The van der Waals surface area contributed by atoms with Crippen LogP contribution in [0.4, 0.5) is 0 Å². The van der Waals surface area contributed by atoms with E-state index in [1.165, 1.54) is 6.20 Å². The lowest BCUT2D eigenvalue weighted by atomic mass is 9.77. The van der Waals surface area contributed by atoms with Gasteiger partial charge in [-0.15, -0.1) is 0 Å². The van der Waals surface area contributed by atoms with Crippen LogP contribution in [0.15, 0.2) is 45.6 Å². The zero-order valence-corrected chi connectivity index (χ0v) is 17.3. The largest absolute Gasteiger partial charge is 0.330 e. The van der Waals surface area contributed by atoms with E-state index in [2.05, 4.69) is 31.6 Å². The van der Waals surface area contributed by atoms with Gasteiger partial charge in [-0.3, -0.25) is 15.8 Å². The number of rotatable bonds is 6. The van der Waals surface area contributed by atoms with E-state index in [9.17, 15) is 10.1 Å². The molecule has 0 aromatic heterocycles. The summed E-state index contributed by atoms with van der Waals surface area (Å²) in [5.74, 6) is 1.33. The molecule has 1 unspecified atom stereocenters. The molecule has 1 atom stereocenters. The van der Waals surface area contributed by atoms with Crippen LogP contribution in [0.1, 0.15) is 37.7 Å². The van der Waals surface area contributed by atoms with Gasteiger partial charge in [-0.05, 0) is 68.2 Å². The Labute approximate surface area is 173 Å². The molecule has 152 valence electrons. The van der Waals surface area contributed by atoms with Crippen LogP contribution in [0, 0.1) is 22.0 Å². The number of nitro groups is 1. The van der Waals surface area contributed by atoms with E-state index in [0.29, 0.717) is 37.3 Å². The van der Waals surface area contributed by atoms with Crippen LogP contribution in [-0.4, -0.2) is 23.1 Å². The molecule has 3 rings (SSSR count). The average Bonchev–Trinajstić information content (AvgIpc) is 2.67. The topological polar surface area (TPSA) is 132 Å². The minimum Gasteiger partial charge on any atom is -0.330 e. The zero-order chi connectivity index (χ0) is 20.1. The van der Waals surface area contributed by atoms with Crippen molar-refractivity contribution in [3.63, 3.8) is 0 Å². The summed E-state index contributed by atoms with van der Waals surface area (Å²) in [7, 11) is 0. The maximum atomic E-state index is 11.5. The molecule has 1 heterocycles. The highest BCUT2D eigenvalue weighted by molar-refractivity contribution is 9.10. The van der Waals surface area contributed by atoms with E-state index >= 15 is 0 Å². The summed E-state index contributed by atoms with van der Waals surface area (Å²) < 4.78 is 1.00. The third-order valence-corrected chi connectivity index (χ3v) is 6.11. The number of hydrogen-bond acceptors (Lipinski definition) is 5. The Morgan fingerprint density at radius 1 is 1.21 bits per heavy atom. The maximum absolute atomic E-state index is 11.5. The van der Waals surface area contributed by atoms with Crippen molar-refractivity contribution in [2.75, 3.05) is 6.54 Å². The van der Waals surface area contributed by atoms with Crippen molar-refractivity contribution in [1.29, 1.82) is 0 Å². The van der Waals surface area contributed by atoms with Gasteiger partial charge in [0.2, 0.25) is 0 Å². The summed E-state index contributed by atoms with van der Waals surface area (Å²) in [4.78, 5) is 15.6. The van der Waals surface area contributed by atoms with Crippen molar-refractivity contribution < 1.29 is 4.92 Å². The first kappa shape index (κ1) is 20.8.